The highest BCUT2D eigenvalue weighted by Gasteiger charge is 2.21. The van der Waals surface area contributed by atoms with Crippen LogP contribution in [0.4, 0.5) is 0 Å². The summed E-state index contributed by atoms with van der Waals surface area (Å²) in [4.78, 5) is 41.7. The van der Waals surface area contributed by atoms with Crippen LogP contribution < -0.4 is 16.2 Å². The first-order valence-electron chi connectivity index (χ1n) is 9.80. The molecule has 0 aliphatic carbocycles. The highest BCUT2D eigenvalue weighted by molar-refractivity contribution is 7.99. The smallest absolute Gasteiger partial charge is 0.262 e. The van der Waals surface area contributed by atoms with Crippen molar-refractivity contribution in [3.05, 3.63) is 34.6 Å². The second-order valence-electron chi connectivity index (χ2n) is 6.93. The predicted octanol–water partition coefficient (Wildman–Crippen LogP) is 1.31. The van der Waals surface area contributed by atoms with Crippen molar-refractivity contribution < 1.29 is 14.3 Å². The SMILES string of the molecule is CCNC(=O)[C@@H](C)NC(=O)CSc1nc2ccccc2c(=O)n1C[C@@H]1CCCO1. The van der Waals surface area contributed by atoms with Gasteiger partial charge in [-0.05, 0) is 38.8 Å². The minimum atomic E-state index is -0.623. The van der Waals surface area contributed by atoms with Crippen molar-refractivity contribution in [3.63, 3.8) is 0 Å². The van der Waals surface area contributed by atoms with Crippen molar-refractivity contribution in [2.45, 2.75) is 50.5 Å². The van der Waals surface area contributed by atoms with E-state index >= 15 is 0 Å². The zero-order valence-corrected chi connectivity index (χ0v) is 17.5. The largest absolute Gasteiger partial charge is 0.376 e. The number of ether oxygens (including phenoxy) is 1. The number of fused-ring (bicyclic) bond motifs is 1. The molecule has 0 bridgehead atoms. The molecule has 0 unspecified atom stereocenters. The summed E-state index contributed by atoms with van der Waals surface area (Å²) >= 11 is 1.19. The van der Waals surface area contributed by atoms with Crippen LogP contribution in [0.5, 0.6) is 0 Å². The number of para-hydroxylation sites is 1. The zero-order chi connectivity index (χ0) is 20.8. The van der Waals surface area contributed by atoms with Crippen molar-refractivity contribution in [1.29, 1.82) is 0 Å². The third-order valence-corrected chi connectivity index (χ3v) is 5.67. The number of carbonyl (C=O) groups is 2. The lowest BCUT2D eigenvalue weighted by Gasteiger charge is -2.17. The molecule has 29 heavy (non-hydrogen) atoms. The maximum absolute atomic E-state index is 13.0. The molecular weight excluding hydrogens is 392 g/mol. The molecule has 9 heteroatoms. The Morgan fingerprint density at radius 2 is 2.17 bits per heavy atom. The lowest BCUT2D eigenvalue weighted by atomic mass is 10.2. The van der Waals surface area contributed by atoms with Gasteiger partial charge in [-0.25, -0.2) is 4.98 Å². The molecule has 156 valence electrons. The highest BCUT2D eigenvalue weighted by atomic mass is 32.2. The molecule has 0 saturated carbocycles. The van der Waals surface area contributed by atoms with Gasteiger partial charge >= 0.3 is 0 Å². The van der Waals surface area contributed by atoms with Gasteiger partial charge in [0, 0.05) is 13.2 Å². The fourth-order valence-corrected chi connectivity index (χ4v) is 4.04. The summed E-state index contributed by atoms with van der Waals surface area (Å²) in [5.41, 5.74) is 0.462. The molecule has 3 rings (SSSR count). The number of hydrogen-bond donors (Lipinski definition) is 2. The fourth-order valence-electron chi connectivity index (χ4n) is 3.22. The van der Waals surface area contributed by atoms with E-state index < -0.39 is 6.04 Å². The van der Waals surface area contributed by atoms with Gasteiger partial charge in [0.15, 0.2) is 5.16 Å². The van der Waals surface area contributed by atoms with Crippen molar-refractivity contribution in [3.8, 4) is 0 Å². The van der Waals surface area contributed by atoms with Crippen molar-refractivity contribution in [2.75, 3.05) is 18.9 Å². The molecule has 1 aliphatic rings. The van der Waals surface area contributed by atoms with Gasteiger partial charge in [0.05, 0.1) is 29.3 Å². The van der Waals surface area contributed by atoms with E-state index in [0.29, 0.717) is 35.8 Å². The van der Waals surface area contributed by atoms with E-state index in [-0.39, 0.29) is 29.2 Å². The Balaban J connectivity index is 1.77. The van der Waals surface area contributed by atoms with Crippen LogP contribution in [0.3, 0.4) is 0 Å². The van der Waals surface area contributed by atoms with Crippen LogP contribution in [0, 0.1) is 0 Å². The molecular formula is C20H26N4O4S. The predicted molar refractivity (Wildman–Crippen MR) is 112 cm³/mol. The Bertz CT molecular complexity index is 940. The number of benzene rings is 1. The quantitative estimate of drug-likeness (QED) is 0.495. The van der Waals surface area contributed by atoms with Crippen LogP contribution in [0.15, 0.2) is 34.2 Å². The molecule has 8 nitrogen and oxygen atoms in total. The molecule has 1 fully saturated rings. The first kappa shape index (κ1) is 21.3. The molecule has 1 aliphatic heterocycles. The monoisotopic (exact) mass is 418 g/mol. The molecule has 2 amide bonds. The van der Waals surface area contributed by atoms with Gasteiger partial charge < -0.3 is 15.4 Å². The number of thioether (sulfide) groups is 1. The van der Waals surface area contributed by atoms with Gasteiger partial charge in [-0.3, -0.25) is 19.0 Å². The summed E-state index contributed by atoms with van der Waals surface area (Å²) in [6.45, 7) is 5.07. The molecule has 2 N–H and O–H groups in total. The minimum Gasteiger partial charge on any atom is -0.376 e. The van der Waals surface area contributed by atoms with Gasteiger partial charge in [0.25, 0.3) is 5.56 Å². The second kappa shape index (κ2) is 9.89. The number of likely N-dealkylation sites (N-methyl/N-ethyl adjacent to an activating group) is 1. The Kier molecular flexibility index (Phi) is 7.27. The Morgan fingerprint density at radius 1 is 1.38 bits per heavy atom. The summed E-state index contributed by atoms with van der Waals surface area (Å²) in [5, 5.41) is 6.36. The standard InChI is InChI=1S/C20H26N4O4S/c1-3-21-18(26)13(2)22-17(25)12-29-20-23-16-9-5-4-8-15(16)19(27)24(20)11-14-7-6-10-28-14/h4-5,8-9,13-14H,3,6-7,10-12H2,1-2H3,(H,21,26)(H,22,25)/t13-,14+/m1/s1. The second-order valence-corrected chi connectivity index (χ2v) is 7.88. The summed E-state index contributed by atoms with van der Waals surface area (Å²) in [7, 11) is 0. The molecule has 2 atom stereocenters. The minimum absolute atomic E-state index is 0.0263. The Hall–Kier alpha value is -2.39. The van der Waals surface area contributed by atoms with E-state index in [0.717, 1.165) is 12.8 Å². The number of nitrogens with zero attached hydrogens (tertiary/aromatic N) is 2. The third kappa shape index (κ3) is 5.36. The fraction of sp³-hybridized carbons (Fsp3) is 0.500. The first-order valence-corrected chi connectivity index (χ1v) is 10.8. The van der Waals surface area contributed by atoms with Crippen molar-refractivity contribution >= 4 is 34.5 Å². The van der Waals surface area contributed by atoms with Gasteiger partial charge in [-0.2, -0.15) is 0 Å². The van der Waals surface area contributed by atoms with E-state index in [1.807, 2.05) is 19.1 Å². The lowest BCUT2D eigenvalue weighted by Crippen LogP contribution is -2.45. The number of amides is 2. The van der Waals surface area contributed by atoms with Crippen LogP contribution in [0.1, 0.15) is 26.7 Å². The van der Waals surface area contributed by atoms with Crippen LogP contribution in [0.2, 0.25) is 0 Å². The van der Waals surface area contributed by atoms with E-state index in [9.17, 15) is 14.4 Å². The molecule has 0 spiro atoms. The summed E-state index contributed by atoms with van der Waals surface area (Å²) in [5.74, 6) is -0.468. The Labute approximate surface area is 173 Å². The van der Waals surface area contributed by atoms with Crippen molar-refractivity contribution in [2.24, 2.45) is 0 Å². The van der Waals surface area contributed by atoms with Gasteiger partial charge in [-0.15, -0.1) is 0 Å². The Morgan fingerprint density at radius 3 is 2.90 bits per heavy atom. The third-order valence-electron chi connectivity index (χ3n) is 4.69. The molecule has 1 aromatic carbocycles. The molecule has 2 aromatic rings. The maximum atomic E-state index is 13.0. The van der Waals surface area contributed by atoms with Crippen LogP contribution in [0.25, 0.3) is 10.9 Å². The summed E-state index contributed by atoms with van der Waals surface area (Å²) in [6, 6.07) is 6.56. The number of carbonyl (C=O) groups excluding carboxylic acids is 2. The summed E-state index contributed by atoms with van der Waals surface area (Å²) < 4.78 is 7.29. The number of rotatable bonds is 8. The number of aromatic nitrogens is 2. The van der Waals surface area contributed by atoms with E-state index in [1.165, 1.54) is 11.8 Å². The summed E-state index contributed by atoms with van der Waals surface area (Å²) in [6.07, 6.45) is 1.85. The topological polar surface area (TPSA) is 102 Å². The normalized spacial score (nSPS) is 17.2. The van der Waals surface area contributed by atoms with Gasteiger partial charge in [0.2, 0.25) is 11.8 Å². The highest BCUT2D eigenvalue weighted by Crippen LogP contribution is 2.20. The average molecular weight is 419 g/mol. The number of nitrogens with one attached hydrogen (secondary N) is 2. The lowest BCUT2D eigenvalue weighted by molar-refractivity contribution is -0.127. The van der Waals surface area contributed by atoms with Gasteiger partial charge in [0.1, 0.15) is 6.04 Å². The molecule has 2 heterocycles. The maximum Gasteiger partial charge on any atom is 0.262 e. The van der Waals surface area contributed by atoms with E-state index in [2.05, 4.69) is 15.6 Å². The van der Waals surface area contributed by atoms with Crippen LogP contribution >= 0.6 is 11.8 Å². The molecule has 1 saturated heterocycles. The zero-order valence-electron chi connectivity index (χ0n) is 16.6. The first-order chi connectivity index (χ1) is 14.0. The molecule has 0 radical (unpaired) electrons. The van der Waals surface area contributed by atoms with Crippen LogP contribution in [-0.4, -0.2) is 52.4 Å². The molecule has 1 aromatic heterocycles. The average Bonchev–Trinajstić information content (AvgIpc) is 3.22. The van der Waals surface area contributed by atoms with E-state index in [4.69, 9.17) is 4.74 Å². The van der Waals surface area contributed by atoms with E-state index in [1.54, 1.807) is 23.6 Å². The van der Waals surface area contributed by atoms with Crippen LogP contribution in [-0.2, 0) is 20.9 Å². The number of hydrogen-bond acceptors (Lipinski definition) is 6. The van der Waals surface area contributed by atoms with Gasteiger partial charge in [-0.1, -0.05) is 23.9 Å². The van der Waals surface area contributed by atoms with Crippen molar-refractivity contribution in [1.82, 2.24) is 20.2 Å².